The molecule has 14 heavy (non-hydrogen) atoms. The van der Waals surface area contributed by atoms with Crippen LogP contribution < -0.4 is 0 Å². The standard InChI is InChI=1S/C12H17NO/c1-10(14)6-7-13-8-11-4-2-3-5-12(11)9-13/h2-5,10,14H,6-9H2,1H3. The fraction of sp³-hybridized carbons (Fsp3) is 0.500. The lowest BCUT2D eigenvalue weighted by Crippen LogP contribution is -2.20. The summed E-state index contributed by atoms with van der Waals surface area (Å²) in [5.74, 6) is 0. The molecule has 1 aliphatic rings. The first-order valence-electron chi connectivity index (χ1n) is 5.23. The van der Waals surface area contributed by atoms with Crippen molar-refractivity contribution in [3.63, 3.8) is 0 Å². The van der Waals surface area contributed by atoms with Crippen molar-refractivity contribution in [1.29, 1.82) is 0 Å². The van der Waals surface area contributed by atoms with Gasteiger partial charge in [-0.1, -0.05) is 24.3 Å². The summed E-state index contributed by atoms with van der Waals surface area (Å²) in [6.07, 6.45) is 0.687. The molecule has 76 valence electrons. The van der Waals surface area contributed by atoms with Crippen LogP contribution in [0.5, 0.6) is 0 Å². The van der Waals surface area contributed by atoms with Gasteiger partial charge in [0.2, 0.25) is 0 Å². The number of nitrogens with zero attached hydrogens (tertiary/aromatic N) is 1. The molecular weight excluding hydrogens is 174 g/mol. The minimum absolute atomic E-state index is 0.182. The van der Waals surface area contributed by atoms with Crippen LogP contribution in [0.4, 0.5) is 0 Å². The third kappa shape index (κ3) is 2.14. The molecule has 2 heteroatoms. The molecule has 0 saturated heterocycles. The van der Waals surface area contributed by atoms with E-state index in [1.807, 2.05) is 6.92 Å². The van der Waals surface area contributed by atoms with E-state index in [0.717, 1.165) is 26.1 Å². The Bertz CT molecular complexity index is 284. The molecule has 1 aromatic rings. The summed E-state index contributed by atoms with van der Waals surface area (Å²) >= 11 is 0. The van der Waals surface area contributed by atoms with Gasteiger partial charge in [-0.15, -0.1) is 0 Å². The number of hydrogen-bond donors (Lipinski definition) is 1. The van der Waals surface area contributed by atoms with E-state index in [-0.39, 0.29) is 6.10 Å². The molecule has 1 N–H and O–H groups in total. The first-order valence-corrected chi connectivity index (χ1v) is 5.23. The zero-order valence-electron chi connectivity index (χ0n) is 8.61. The largest absolute Gasteiger partial charge is 0.393 e. The molecule has 0 spiro atoms. The molecule has 1 unspecified atom stereocenters. The van der Waals surface area contributed by atoms with E-state index >= 15 is 0 Å². The second-order valence-electron chi connectivity index (χ2n) is 4.12. The predicted octanol–water partition coefficient (Wildman–Crippen LogP) is 1.77. The van der Waals surface area contributed by atoms with Crippen molar-refractivity contribution < 1.29 is 5.11 Å². The van der Waals surface area contributed by atoms with Gasteiger partial charge in [-0.2, -0.15) is 0 Å². The first kappa shape index (κ1) is 9.69. The van der Waals surface area contributed by atoms with Crippen LogP contribution in [-0.4, -0.2) is 22.7 Å². The zero-order chi connectivity index (χ0) is 9.97. The second kappa shape index (κ2) is 4.11. The molecule has 1 heterocycles. The topological polar surface area (TPSA) is 23.5 Å². The maximum absolute atomic E-state index is 9.20. The molecule has 2 nitrogen and oxygen atoms in total. The smallest absolute Gasteiger partial charge is 0.0524 e. The third-order valence-electron chi connectivity index (χ3n) is 2.77. The Kier molecular flexibility index (Phi) is 2.85. The van der Waals surface area contributed by atoms with E-state index in [1.165, 1.54) is 11.1 Å². The van der Waals surface area contributed by atoms with Crippen LogP contribution in [0.2, 0.25) is 0 Å². The van der Waals surface area contributed by atoms with Gasteiger partial charge in [0.15, 0.2) is 0 Å². The van der Waals surface area contributed by atoms with Gasteiger partial charge in [-0.3, -0.25) is 4.90 Å². The monoisotopic (exact) mass is 191 g/mol. The average Bonchev–Trinajstić information content (AvgIpc) is 2.57. The Morgan fingerprint density at radius 2 is 1.86 bits per heavy atom. The van der Waals surface area contributed by atoms with Crippen molar-refractivity contribution in [2.24, 2.45) is 0 Å². The van der Waals surface area contributed by atoms with Gasteiger partial charge in [-0.05, 0) is 24.5 Å². The second-order valence-corrected chi connectivity index (χ2v) is 4.12. The minimum Gasteiger partial charge on any atom is -0.393 e. The lowest BCUT2D eigenvalue weighted by molar-refractivity contribution is 0.156. The van der Waals surface area contributed by atoms with Gasteiger partial charge in [0.25, 0.3) is 0 Å². The Morgan fingerprint density at radius 1 is 1.29 bits per heavy atom. The fourth-order valence-corrected chi connectivity index (χ4v) is 1.93. The van der Waals surface area contributed by atoms with Crippen molar-refractivity contribution in [2.45, 2.75) is 32.5 Å². The van der Waals surface area contributed by atoms with Crippen LogP contribution in [0, 0.1) is 0 Å². The minimum atomic E-state index is -0.182. The fourth-order valence-electron chi connectivity index (χ4n) is 1.93. The highest BCUT2D eigenvalue weighted by molar-refractivity contribution is 5.30. The third-order valence-corrected chi connectivity index (χ3v) is 2.77. The van der Waals surface area contributed by atoms with Crippen LogP contribution in [0.15, 0.2) is 24.3 Å². The predicted molar refractivity (Wildman–Crippen MR) is 56.9 cm³/mol. The molecule has 2 rings (SSSR count). The highest BCUT2D eigenvalue weighted by Gasteiger charge is 2.17. The molecule has 0 radical (unpaired) electrons. The van der Waals surface area contributed by atoms with Crippen molar-refractivity contribution >= 4 is 0 Å². The molecule has 0 saturated carbocycles. The molecule has 0 bridgehead atoms. The van der Waals surface area contributed by atoms with E-state index in [0.29, 0.717) is 0 Å². The molecule has 1 atom stereocenters. The lowest BCUT2D eigenvalue weighted by Gasteiger charge is -2.15. The van der Waals surface area contributed by atoms with E-state index in [4.69, 9.17) is 0 Å². The molecule has 0 fully saturated rings. The average molecular weight is 191 g/mol. The van der Waals surface area contributed by atoms with Crippen LogP contribution in [0.3, 0.4) is 0 Å². The van der Waals surface area contributed by atoms with Gasteiger partial charge < -0.3 is 5.11 Å². The highest BCUT2D eigenvalue weighted by Crippen LogP contribution is 2.22. The Morgan fingerprint density at radius 3 is 2.36 bits per heavy atom. The zero-order valence-corrected chi connectivity index (χ0v) is 8.61. The Labute approximate surface area is 85.2 Å². The van der Waals surface area contributed by atoms with E-state index in [2.05, 4.69) is 29.2 Å². The SMILES string of the molecule is CC(O)CCN1Cc2ccccc2C1. The van der Waals surface area contributed by atoms with Gasteiger partial charge in [0.1, 0.15) is 0 Å². The summed E-state index contributed by atoms with van der Waals surface area (Å²) in [5, 5.41) is 9.20. The van der Waals surface area contributed by atoms with Crippen LogP contribution in [0.1, 0.15) is 24.5 Å². The first-order chi connectivity index (χ1) is 6.75. The van der Waals surface area contributed by atoms with E-state index < -0.39 is 0 Å². The number of aliphatic hydroxyl groups is 1. The van der Waals surface area contributed by atoms with Gasteiger partial charge >= 0.3 is 0 Å². The van der Waals surface area contributed by atoms with Crippen LogP contribution >= 0.6 is 0 Å². The summed E-state index contributed by atoms with van der Waals surface area (Å²) in [6, 6.07) is 8.57. The van der Waals surface area contributed by atoms with Crippen molar-refractivity contribution in [1.82, 2.24) is 4.90 Å². The van der Waals surface area contributed by atoms with Crippen LogP contribution in [-0.2, 0) is 13.1 Å². The van der Waals surface area contributed by atoms with Crippen LogP contribution in [0.25, 0.3) is 0 Å². The lowest BCUT2D eigenvalue weighted by atomic mass is 10.1. The molecular formula is C12H17NO. The summed E-state index contributed by atoms with van der Waals surface area (Å²) in [4.78, 5) is 2.39. The molecule has 1 aliphatic heterocycles. The van der Waals surface area contributed by atoms with Gasteiger partial charge in [0, 0.05) is 19.6 Å². The number of hydrogen-bond acceptors (Lipinski definition) is 2. The van der Waals surface area contributed by atoms with Crippen molar-refractivity contribution in [3.8, 4) is 0 Å². The Hall–Kier alpha value is -0.860. The van der Waals surface area contributed by atoms with Crippen molar-refractivity contribution in [2.75, 3.05) is 6.54 Å². The summed E-state index contributed by atoms with van der Waals surface area (Å²) < 4.78 is 0. The maximum Gasteiger partial charge on any atom is 0.0524 e. The summed E-state index contributed by atoms with van der Waals surface area (Å²) in [7, 11) is 0. The number of benzene rings is 1. The molecule has 0 aliphatic carbocycles. The molecule has 0 aromatic heterocycles. The Balaban J connectivity index is 1.92. The molecule has 0 amide bonds. The van der Waals surface area contributed by atoms with Crippen molar-refractivity contribution in [3.05, 3.63) is 35.4 Å². The van der Waals surface area contributed by atoms with E-state index in [1.54, 1.807) is 0 Å². The summed E-state index contributed by atoms with van der Waals surface area (Å²) in [6.45, 7) is 4.93. The quantitative estimate of drug-likeness (QED) is 0.787. The van der Waals surface area contributed by atoms with Gasteiger partial charge in [-0.25, -0.2) is 0 Å². The number of rotatable bonds is 3. The number of fused-ring (bicyclic) bond motifs is 1. The maximum atomic E-state index is 9.20. The van der Waals surface area contributed by atoms with Gasteiger partial charge in [0.05, 0.1) is 6.10 Å². The normalized spacial score (nSPS) is 18.1. The number of aliphatic hydroxyl groups excluding tert-OH is 1. The molecule has 1 aromatic carbocycles. The highest BCUT2D eigenvalue weighted by atomic mass is 16.3. The summed E-state index contributed by atoms with van der Waals surface area (Å²) in [5.41, 5.74) is 2.89. The van der Waals surface area contributed by atoms with E-state index in [9.17, 15) is 5.11 Å².